The van der Waals surface area contributed by atoms with E-state index in [9.17, 15) is 9.59 Å². The van der Waals surface area contributed by atoms with Crippen molar-refractivity contribution < 1.29 is 14.0 Å². The molecule has 0 atom stereocenters. The number of hydrogen-bond acceptors (Lipinski definition) is 4. The predicted molar refractivity (Wildman–Crippen MR) is 81.7 cm³/mol. The van der Waals surface area contributed by atoms with Gasteiger partial charge in [-0.1, -0.05) is 23.7 Å². The zero-order valence-electron chi connectivity index (χ0n) is 10.8. The Morgan fingerprint density at radius 3 is 2.62 bits per heavy atom. The third-order valence-corrected chi connectivity index (χ3v) is 4.10. The number of halogens is 1. The van der Waals surface area contributed by atoms with Crippen molar-refractivity contribution in [1.29, 1.82) is 0 Å². The standard InChI is InChI=1S/C15H10ClNO3S/c16-11-5-3-10(4-6-11)9-17-14(18)13(21-15(17)19)8-12-2-1-7-20-12/h1-8H,9H2/b13-8+. The zero-order chi connectivity index (χ0) is 14.8. The summed E-state index contributed by atoms with van der Waals surface area (Å²) in [7, 11) is 0. The fraction of sp³-hybridized carbons (Fsp3) is 0.0667. The van der Waals surface area contributed by atoms with Gasteiger partial charge in [0.1, 0.15) is 5.76 Å². The summed E-state index contributed by atoms with van der Waals surface area (Å²) in [6.45, 7) is 0.233. The molecule has 1 aromatic carbocycles. The average Bonchev–Trinajstić information content (AvgIpc) is 3.06. The molecule has 3 rings (SSSR count). The van der Waals surface area contributed by atoms with Gasteiger partial charge in [0.15, 0.2) is 0 Å². The van der Waals surface area contributed by atoms with Gasteiger partial charge in [-0.3, -0.25) is 14.5 Å². The molecule has 0 unspecified atom stereocenters. The largest absolute Gasteiger partial charge is 0.465 e. The predicted octanol–water partition coefficient (Wildman–Crippen LogP) is 4.17. The summed E-state index contributed by atoms with van der Waals surface area (Å²) in [5.74, 6) is 0.239. The Hall–Kier alpha value is -1.98. The van der Waals surface area contributed by atoms with E-state index in [1.165, 1.54) is 11.2 Å². The highest BCUT2D eigenvalue weighted by Gasteiger charge is 2.35. The van der Waals surface area contributed by atoms with Crippen molar-refractivity contribution in [3.63, 3.8) is 0 Å². The maximum Gasteiger partial charge on any atom is 0.293 e. The minimum absolute atomic E-state index is 0.233. The van der Waals surface area contributed by atoms with Crippen LogP contribution in [0.3, 0.4) is 0 Å². The van der Waals surface area contributed by atoms with Crippen molar-refractivity contribution >= 4 is 40.6 Å². The van der Waals surface area contributed by atoms with E-state index in [0.717, 1.165) is 17.3 Å². The lowest BCUT2D eigenvalue weighted by Crippen LogP contribution is -2.27. The van der Waals surface area contributed by atoms with Gasteiger partial charge in [-0.2, -0.15) is 0 Å². The highest BCUT2D eigenvalue weighted by atomic mass is 35.5. The quantitative estimate of drug-likeness (QED) is 0.797. The van der Waals surface area contributed by atoms with Crippen LogP contribution in [-0.4, -0.2) is 16.0 Å². The minimum Gasteiger partial charge on any atom is -0.465 e. The number of imide groups is 1. The Bertz CT molecular complexity index is 707. The Kier molecular flexibility index (Phi) is 3.86. The van der Waals surface area contributed by atoms with Crippen molar-refractivity contribution in [2.45, 2.75) is 6.54 Å². The number of thioether (sulfide) groups is 1. The smallest absolute Gasteiger partial charge is 0.293 e. The van der Waals surface area contributed by atoms with E-state index in [4.69, 9.17) is 16.0 Å². The lowest BCUT2D eigenvalue weighted by atomic mass is 10.2. The third kappa shape index (κ3) is 3.04. The SMILES string of the molecule is O=C1S/C(=C/c2ccco2)C(=O)N1Cc1ccc(Cl)cc1. The van der Waals surface area contributed by atoms with E-state index in [1.807, 2.05) is 0 Å². The van der Waals surface area contributed by atoms with Gasteiger partial charge >= 0.3 is 0 Å². The van der Waals surface area contributed by atoms with Crippen LogP contribution in [0.4, 0.5) is 4.79 Å². The number of benzene rings is 1. The van der Waals surface area contributed by atoms with Gasteiger partial charge in [0.25, 0.3) is 11.1 Å². The number of rotatable bonds is 3. The van der Waals surface area contributed by atoms with E-state index in [-0.39, 0.29) is 17.7 Å². The van der Waals surface area contributed by atoms with Crippen molar-refractivity contribution in [3.8, 4) is 0 Å². The molecular formula is C15H10ClNO3S. The molecule has 21 heavy (non-hydrogen) atoms. The van der Waals surface area contributed by atoms with Crippen LogP contribution in [0.5, 0.6) is 0 Å². The minimum atomic E-state index is -0.309. The van der Waals surface area contributed by atoms with Crippen LogP contribution < -0.4 is 0 Å². The molecule has 1 saturated heterocycles. The van der Waals surface area contributed by atoms with E-state index in [2.05, 4.69) is 0 Å². The van der Waals surface area contributed by atoms with E-state index in [0.29, 0.717) is 15.7 Å². The van der Waals surface area contributed by atoms with Gasteiger partial charge in [0.2, 0.25) is 0 Å². The van der Waals surface area contributed by atoms with Crippen molar-refractivity contribution in [2.75, 3.05) is 0 Å². The van der Waals surface area contributed by atoms with Gasteiger partial charge in [-0.15, -0.1) is 0 Å². The molecule has 0 N–H and O–H groups in total. The molecule has 0 aliphatic carbocycles. The maximum absolute atomic E-state index is 12.3. The topological polar surface area (TPSA) is 50.5 Å². The fourth-order valence-electron chi connectivity index (χ4n) is 1.91. The lowest BCUT2D eigenvalue weighted by molar-refractivity contribution is -0.123. The summed E-state index contributed by atoms with van der Waals surface area (Å²) in [5, 5.41) is 0.332. The molecule has 2 amide bonds. The molecule has 2 aromatic rings. The summed E-state index contributed by atoms with van der Waals surface area (Å²) in [6, 6.07) is 10.5. The maximum atomic E-state index is 12.3. The number of hydrogen-bond donors (Lipinski definition) is 0. The zero-order valence-corrected chi connectivity index (χ0v) is 12.4. The number of amides is 2. The number of nitrogens with zero attached hydrogens (tertiary/aromatic N) is 1. The van der Waals surface area contributed by atoms with Gasteiger partial charge in [0.05, 0.1) is 17.7 Å². The first kappa shape index (κ1) is 14.0. The van der Waals surface area contributed by atoms with Crippen LogP contribution in [0.25, 0.3) is 6.08 Å². The molecule has 0 bridgehead atoms. The van der Waals surface area contributed by atoms with Crippen LogP contribution in [-0.2, 0) is 11.3 Å². The van der Waals surface area contributed by atoms with Gasteiger partial charge in [-0.25, -0.2) is 0 Å². The normalized spacial score (nSPS) is 17.0. The van der Waals surface area contributed by atoms with Gasteiger partial charge < -0.3 is 4.42 Å². The van der Waals surface area contributed by atoms with Crippen LogP contribution in [0.1, 0.15) is 11.3 Å². The molecule has 1 aliphatic heterocycles. The molecule has 106 valence electrons. The summed E-state index contributed by atoms with van der Waals surface area (Å²) < 4.78 is 5.16. The van der Waals surface area contributed by atoms with Crippen molar-refractivity contribution in [1.82, 2.24) is 4.90 Å². The molecule has 1 aromatic heterocycles. The molecule has 2 heterocycles. The van der Waals surface area contributed by atoms with Gasteiger partial charge in [0, 0.05) is 11.1 Å². The Morgan fingerprint density at radius 2 is 1.95 bits per heavy atom. The molecule has 1 fully saturated rings. The second-order valence-electron chi connectivity index (χ2n) is 4.41. The lowest BCUT2D eigenvalue weighted by Gasteiger charge is -2.12. The second kappa shape index (κ2) is 5.79. The van der Waals surface area contributed by atoms with Gasteiger partial charge in [-0.05, 0) is 41.6 Å². The molecule has 4 nitrogen and oxygen atoms in total. The summed E-state index contributed by atoms with van der Waals surface area (Å²) >= 11 is 6.73. The van der Waals surface area contributed by atoms with Crippen molar-refractivity contribution in [2.24, 2.45) is 0 Å². The molecule has 0 radical (unpaired) electrons. The Balaban J connectivity index is 1.79. The first-order valence-corrected chi connectivity index (χ1v) is 7.36. The highest BCUT2D eigenvalue weighted by Crippen LogP contribution is 2.33. The van der Waals surface area contributed by atoms with Crippen LogP contribution in [0.15, 0.2) is 52.0 Å². The first-order chi connectivity index (χ1) is 10.1. The summed E-state index contributed by atoms with van der Waals surface area (Å²) in [6.07, 6.45) is 3.09. The summed E-state index contributed by atoms with van der Waals surface area (Å²) in [5.41, 5.74) is 0.848. The second-order valence-corrected chi connectivity index (χ2v) is 5.84. The highest BCUT2D eigenvalue weighted by molar-refractivity contribution is 8.18. The van der Waals surface area contributed by atoms with E-state index < -0.39 is 0 Å². The third-order valence-electron chi connectivity index (χ3n) is 2.94. The molecule has 0 saturated carbocycles. The number of furan rings is 1. The summed E-state index contributed by atoms with van der Waals surface area (Å²) in [4.78, 5) is 25.8. The molecule has 0 spiro atoms. The van der Waals surface area contributed by atoms with Crippen LogP contribution in [0, 0.1) is 0 Å². The number of carbonyl (C=O) groups is 2. The van der Waals surface area contributed by atoms with E-state index >= 15 is 0 Å². The fourth-order valence-corrected chi connectivity index (χ4v) is 2.86. The van der Waals surface area contributed by atoms with Crippen molar-refractivity contribution in [3.05, 3.63) is 63.9 Å². The molecule has 1 aliphatic rings. The van der Waals surface area contributed by atoms with Crippen LogP contribution in [0.2, 0.25) is 5.02 Å². The van der Waals surface area contributed by atoms with Crippen LogP contribution >= 0.6 is 23.4 Å². The molecule has 6 heteroatoms. The molecular weight excluding hydrogens is 310 g/mol. The first-order valence-electron chi connectivity index (χ1n) is 6.17. The number of carbonyl (C=O) groups excluding carboxylic acids is 2. The monoisotopic (exact) mass is 319 g/mol. The Labute approximate surface area is 130 Å². The average molecular weight is 320 g/mol. The van der Waals surface area contributed by atoms with E-state index in [1.54, 1.807) is 42.5 Å². The Morgan fingerprint density at radius 1 is 1.19 bits per heavy atom.